The van der Waals surface area contributed by atoms with E-state index >= 15 is 0 Å². The van der Waals surface area contributed by atoms with Crippen LogP contribution >= 0.6 is 0 Å². The Bertz CT molecular complexity index is 1160. The van der Waals surface area contributed by atoms with Crippen molar-refractivity contribution in [2.24, 2.45) is 0 Å². The van der Waals surface area contributed by atoms with Crippen molar-refractivity contribution in [1.82, 2.24) is 15.5 Å². The second-order valence-electron chi connectivity index (χ2n) is 13.1. The molecule has 7 heteroatoms. The second kappa shape index (κ2) is 16.5. The zero-order chi connectivity index (χ0) is 31.4. The minimum Gasteiger partial charge on any atom is -0.444 e. The molecule has 2 N–H and O–H groups in total. The first kappa shape index (κ1) is 34.1. The van der Waals surface area contributed by atoms with Crippen LogP contribution in [0.4, 0.5) is 4.79 Å². The van der Waals surface area contributed by atoms with E-state index in [-0.39, 0.29) is 24.3 Å². The van der Waals surface area contributed by atoms with Gasteiger partial charge in [-0.3, -0.25) is 9.59 Å². The largest absolute Gasteiger partial charge is 0.444 e. The first-order chi connectivity index (χ1) is 20.5. The molecular weight excluding hydrogens is 538 g/mol. The van der Waals surface area contributed by atoms with Crippen molar-refractivity contribution >= 4 is 17.9 Å². The highest BCUT2D eigenvalue weighted by Crippen LogP contribution is 2.28. The summed E-state index contributed by atoms with van der Waals surface area (Å²) in [6.07, 6.45) is 8.74. The third-order valence-corrected chi connectivity index (χ3v) is 7.88. The lowest BCUT2D eigenvalue weighted by molar-refractivity contribution is -0.143. The molecule has 1 aliphatic carbocycles. The van der Waals surface area contributed by atoms with E-state index in [1.165, 1.54) is 6.42 Å². The molecule has 0 aromatic heterocycles. The smallest absolute Gasteiger partial charge is 0.408 e. The van der Waals surface area contributed by atoms with E-state index in [2.05, 4.69) is 23.6 Å². The summed E-state index contributed by atoms with van der Waals surface area (Å²) in [6, 6.07) is 14.1. The van der Waals surface area contributed by atoms with Gasteiger partial charge < -0.3 is 20.3 Å². The Labute approximate surface area is 259 Å². The molecule has 1 fully saturated rings. The van der Waals surface area contributed by atoms with Gasteiger partial charge in [-0.25, -0.2) is 4.79 Å². The zero-order valence-corrected chi connectivity index (χ0v) is 27.2. The first-order valence-corrected chi connectivity index (χ1v) is 16.2. The van der Waals surface area contributed by atoms with Crippen molar-refractivity contribution in [2.45, 2.75) is 129 Å². The number of carbonyl (C=O) groups excluding carboxylic acids is 3. The van der Waals surface area contributed by atoms with Crippen LogP contribution in [0.15, 0.2) is 48.5 Å². The number of unbranched alkanes of at least 4 members (excludes halogenated alkanes) is 3. The lowest BCUT2D eigenvalue weighted by Crippen LogP contribution is -2.54. The van der Waals surface area contributed by atoms with Gasteiger partial charge in [0, 0.05) is 19.0 Å². The van der Waals surface area contributed by atoms with Crippen LogP contribution in [0, 0.1) is 13.8 Å². The molecular formula is C36H53N3O4. The van der Waals surface area contributed by atoms with Gasteiger partial charge in [-0.1, -0.05) is 105 Å². The van der Waals surface area contributed by atoms with Gasteiger partial charge in [-0.15, -0.1) is 0 Å². The Morgan fingerprint density at radius 3 is 2.19 bits per heavy atom. The summed E-state index contributed by atoms with van der Waals surface area (Å²) in [7, 11) is 0. The summed E-state index contributed by atoms with van der Waals surface area (Å²) in [5, 5.41) is 6.18. The molecule has 0 radical (unpaired) electrons. The van der Waals surface area contributed by atoms with Crippen LogP contribution in [0.3, 0.4) is 0 Å². The lowest BCUT2D eigenvalue weighted by Gasteiger charge is -2.36. The number of benzene rings is 2. The van der Waals surface area contributed by atoms with E-state index in [1.54, 1.807) is 25.7 Å². The predicted molar refractivity (Wildman–Crippen MR) is 173 cm³/mol. The van der Waals surface area contributed by atoms with Crippen molar-refractivity contribution in [3.05, 3.63) is 70.8 Å². The molecule has 1 saturated carbocycles. The number of nitrogens with zero attached hydrogens (tertiary/aromatic N) is 1. The van der Waals surface area contributed by atoms with E-state index in [0.29, 0.717) is 6.54 Å². The highest BCUT2D eigenvalue weighted by molar-refractivity contribution is 5.92. The molecule has 0 heterocycles. The summed E-state index contributed by atoms with van der Waals surface area (Å²) in [5.41, 5.74) is 3.07. The Balaban J connectivity index is 2.04. The molecule has 0 aliphatic heterocycles. The molecule has 2 aromatic carbocycles. The fourth-order valence-corrected chi connectivity index (χ4v) is 5.94. The number of nitrogens with one attached hydrogen (secondary N) is 2. The average Bonchev–Trinajstić information content (AvgIpc) is 2.93. The number of hydrogen-bond donors (Lipinski definition) is 2. The molecule has 1 aliphatic rings. The van der Waals surface area contributed by atoms with Gasteiger partial charge >= 0.3 is 6.09 Å². The van der Waals surface area contributed by atoms with Gasteiger partial charge in [0.2, 0.25) is 11.8 Å². The van der Waals surface area contributed by atoms with Crippen molar-refractivity contribution in [3.63, 3.8) is 0 Å². The minimum atomic E-state index is -0.903. The Morgan fingerprint density at radius 1 is 0.930 bits per heavy atom. The van der Waals surface area contributed by atoms with Crippen LogP contribution < -0.4 is 10.6 Å². The third-order valence-electron chi connectivity index (χ3n) is 7.88. The minimum absolute atomic E-state index is 0.103. The van der Waals surface area contributed by atoms with E-state index < -0.39 is 23.8 Å². The maximum absolute atomic E-state index is 14.7. The SMILES string of the molecule is CCCCCCN(C(=O)C(Cc1ccccc1)NC(=O)OC(C)(C)C)C(C(=O)NC1CCCCC1)c1cc(C)cc(C)c1. The molecule has 2 atom stereocenters. The number of aryl methyl sites for hydroxylation is 2. The number of alkyl carbamates (subject to hydrolysis) is 1. The van der Waals surface area contributed by atoms with Gasteiger partial charge in [-0.05, 0) is 65.0 Å². The summed E-state index contributed by atoms with van der Waals surface area (Å²) in [4.78, 5) is 43.7. The Kier molecular flexibility index (Phi) is 13.1. The number of amides is 3. The normalized spacial score (nSPS) is 15.3. The fraction of sp³-hybridized carbons (Fsp3) is 0.583. The van der Waals surface area contributed by atoms with E-state index in [9.17, 15) is 14.4 Å². The van der Waals surface area contributed by atoms with E-state index in [0.717, 1.165) is 73.6 Å². The molecule has 43 heavy (non-hydrogen) atoms. The van der Waals surface area contributed by atoms with Crippen LogP contribution in [-0.4, -0.2) is 47.0 Å². The molecule has 0 bridgehead atoms. The van der Waals surface area contributed by atoms with Gasteiger partial charge in [0.25, 0.3) is 0 Å². The number of hydrogen-bond acceptors (Lipinski definition) is 4. The second-order valence-corrected chi connectivity index (χ2v) is 13.1. The molecule has 7 nitrogen and oxygen atoms in total. The maximum Gasteiger partial charge on any atom is 0.408 e. The third kappa shape index (κ3) is 11.3. The van der Waals surface area contributed by atoms with Crippen LogP contribution in [0.5, 0.6) is 0 Å². The van der Waals surface area contributed by atoms with Crippen LogP contribution in [0.1, 0.15) is 114 Å². The quantitative estimate of drug-likeness (QED) is 0.239. The van der Waals surface area contributed by atoms with Crippen molar-refractivity contribution < 1.29 is 19.1 Å². The zero-order valence-electron chi connectivity index (χ0n) is 27.2. The molecule has 236 valence electrons. The summed E-state index contributed by atoms with van der Waals surface area (Å²) in [5.74, 6) is -0.439. The first-order valence-electron chi connectivity index (χ1n) is 16.2. The Hall–Kier alpha value is -3.35. The van der Waals surface area contributed by atoms with Crippen LogP contribution in [0.25, 0.3) is 0 Å². The van der Waals surface area contributed by atoms with Crippen LogP contribution in [0.2, 0.25) is 0 Å². The summed E-state index contributed by atoms with van der Waals surface area (Å²) in [6.45, 7) is 12.0. The maximum atomic E-state index is 14.7. The molecule has 2 aromatic rings. The van der Waals surface area contributed by atoms with Gasteiger partial charge in [0.05, 0.1) is 0 Å². The summed E-state index contributed by atoms with van der Waals surface area (Å²) >= 11 is 0. The highest BCUT2D eigenvalue weighted by atomic mass is 16.6. The predicted octanol–water partition coefficient (Wildman–Crippen LogP) is 7.34. The Morgan fingerprint density at radius 2 is 1.58 bits per heavy atom. The molecule has 0 saturated heterocycles. The van der Waals surface area contributed by atoms with Gasteiger partial charge in [0.1, 0.15) is 17.7 Å². The molecule has 2 unspecified atom stereocenters. The van der Waals surface area contributed by atoms with Crippen molar-refractivity contribution in [2.75, 3.05) is 6.54 Å². The standard InChI is InChI=1S/C36H53N3O4/c1-7-8-9-16-21-39(34(41)31(25-28-17-12-10-13-18-28)38-35(42)43-36(4,5)6)32(29-23-26(2)22-27(3)24-29)33(40)37-30-19-14-11-15-20-30/h10,12-13,17-18,22-24,30-32H,7-9,11,14-16,19-21,25H2,1-6H3,(H,37,40)(H,38,42). The van der Waals surface area contributed by atoms with Gasteiger partial charge in [-0.2, -0.15) is 0 Å². The molecule has 3 rings (SSSR count). The van der Waals surface area contributed by atoms with E-state index in [4.69, 9.17) is 4.74 Å². The lowest BCUT2D eigenvalue weighted by atomic mass is 9.93. The fourth-order valence-electron chi connectivity index (χ4n) is 5.94. The monoisotopic (exact) mass is 591 g/mol. The summed E-state index contributed by atoms with van der Waals surface area (Å²) < 4.78 is 5.57. The van der Waals surface area contributed by atoms with E-state index in [1.807, 2.05) is 56.3 Å². The van der Waals surface area contributed by atoms with Crippen molar-refractivity contribution in [3.8, 4) is 0 Å². The average molecular weight is 592 g/mol. The highest BCUT2D eigenvalue weighted by Gasteiger charge is 2.37. The molecule has 0 spiro atoms. The number of rotatable bonds is 13. The van der Waals surface area contributed by atoms with Gasteiger partial charge in [0.15, 0.2) is 0 Å². The topological polar surface area (TPSA) is 87.7 Å². The number of carbonyl (C=O) groups is 3. The number of ether oxygens (including phenoxy) is 1. The van der Waals surface area contributed by atoms with Crippen LogP contribution in [-0.2, 0) is 20.7 Å². The molecule has 3 amide bonds. The van der Waals surface area contributed by atoms with Crippen molar-refractivity contribution in [1.29, 1.82) is 0 Å².